The molecule has 0 unspecified atom stereocenters. The number of hydrogen-bond acceptors (Lipinski definition) is 3. The highest BCUT2D eigenvalue weighted by atomic mass is 15.0. The van der Waals surface area contributed by atoms with Crippen LogP contribution in [0.1, 0.15) is 23.3 Å². The van der Waals surface area contributed by atoms with Gasteiger partial charge in [0.2, 0.25) is 0 Å². The summed E-state index contributed by atoms with van der Waals surface area (Å²) in [4.78, 5) is 14.9. The van der Waals surface area contributed by atoms with E-state index >= 15 is 0 Å². The van der Waals surface area contributed by atoms with Crippen molar-refractivity contribution in [3.8, 4) is 84.4 Å². The van der Waals surface area contributed by atoms with Gasteiger partial charge in [-0.2, -0.15) is 0 Å². The molecule has 0 aliphatic carbocycles. The average Bonchev–Trinajstić information content (AvgIpc) is 3.54. The maximum Gasteiger partial charge on any atom is 0.164 e. The molecule has 9 aromatic carbocycles. The van der Waals surface area contributed by atoms with Crippen LogP contribution in [0.5, 0.6) is 0 Å². The van der Waals surface area contributed by atoms with Gasteiger partial charge in [0, 0.05) is 33.0 Å². The largest absolute Gasteiger partial charge is 0.309 e. The summed E-state index contributed by atoms with van der Waals surface area (Å²) in [5, 5.41) is -0.641. The number of rotatable bonds is 8. The van der Waals surface area contributed by atoms with Gasteiger partial charge in [0.25, 0.3) is 0 Å². The van der Waals surface area contributed by atoms with Gasteiger partial charge in [0.15, 0.2) is 17.5 Å². The van der Waals surface area contributed by atoms with E-state index in [9.17, 15) is 9.60 Å². The highest BCUT2D eigenvalue weighted by Crippen LogP contribution is 2.40. The van der Waals surface area contributed by atoms with Crippen molar-refractivity contribution in [2.75, 3.05) is 0 Å². The number of fused-ring (bicyclic) bond motifs is 3. The molecule has 0 fully saturated rings. The molecule has 0 aliphatic heterocycles. The Labute approximate surface area is 378 Å². The van der Waals surface area contributed by atoms with Crippen LogP contribution in [0.4, 0.5) is 0 Å². The first-order valence-corrected chi connectivity index (χ1v) is 19.2. The first-order chi connectivity index (χ1) is 37.3. The molecule has 2 aromatic heterocycles. The average molecular weight is 796 g/mol. The zero-order valence-corrected chi connectivity index (χ0v) is 31.9. The SMILES string of the molecule is [2H]c1c([2H])c([2H])c(-c2cc(-c3nc(-c4ccc(-c5ccccc5)cc4)nc(-c4ccc(-c5ccccc5)cc4)n3)ccc2-n2c3c([2H])c([2H])c([2H])c([2H])c3c3c([2H])c([2H])c(-c4c([2H])c([2H])c([2H])c([2H])c4[2H])c([2H])c32)c([2H])c1[2H]. The number of hydrogen-bond donors (Lipinski definition) is 0. The van der Waals surface area contributed by atoms with E-state index in [1.165, 1.54) is 22.8 Å². The predicted molar refractivity (Wildman–Crippen MR) is 252 cm³/mol. The summed E-state index contributed by atoms with van der Waals surface area (Å²) < 4.78 is 154. The molecule has 0 amide bonds. The summed E-state index contributed by atoms with van der Waals surface area (Å²) in [5.74, 6) is 0.569. The maximum atomic E-state index is 9.88. The first kappa shape index (κ1) is 22.2. The Morgan fingerprint density at radius 1 is 0.328 bits per heavy atom. The lowest BCUT2D eigenvalue weighted by Gasteiger charge is -2.16. The van der Waals surface area contributed by atoms with Crippen molar-refractivity contribution >= 4 is 21.8 Å². The topological polar surface area (TPSA) is 43.6 Å². The van der Waals surface area contributed by atoms with Gasteiger partial charge in [-0.1, -0.05) is 200 Å². The van der Waals surface area contributed by atoms with Crippen LogP contribution in [0.3, 0.4) is 0 Å². The Kier molecular flexibility index (Phi) is 5.66. The quantitative estimate of drug-likeness (QED) is 0.154. The maximum absolute atomic E-state index is 9.88. The van der Waals surface area contributed by atoms with Crippen LogP contribution in [0, 0.1) is 0 Å². The van der Waals surface area contributed by atoms with E-state index in [1.807, 2.05) is 109 Å². The zero-order valence-electron chi connectivity index (χ0n) is 48.9. The second kappa shape index (κ2) is 15.5. The van der Waals surface area contributed by atoms with Crippen molar-refractivity contribution in [3.63, 3.8) is 0 Å². The van der Waals surface area contributed by atoms with Gasteiger partial charge in [-0.25, -0.2) is 15.0 Å². The predicted octanol–water partition coefficient (Wildman–Crippen LogP) is 14.6. The first-order valence-electron chi connectivity index (χ1n) is 27.7. The Hall–Kier alpha value is -8.21. The minimum atomic E-state index is -0.784. The van der Waals surface area contributed by atoms with Gasteiger partial charge in [0.05, 0.1) is 40.0 Å². The van der Waals surface area contributed by atoms with E-state index in [1.54, 1.807) is 0 Å². The smallest absolute Gasteiger partial charge is 0.164 e. The van der Waals surface area contributed by atoms with Crippen LogP contribution < -0.4 is 0 Å². The summed E-state index contributed by atoms with van der Waals surface area (Å²) in [7, 11) is 0. The molecule has 0 radical (unpaired) electrons. The Morgan fingerprint density at radius 2 is 0.787 bits per heavy atom. The van der Waals surface area contributed by atoms with Gasteiger partial charge < -0.3 is 4.57 Å². The summed E-state index contributed by atoms with van der Waals surface area (Å²) >= 11 is 0. The van der Waals surface area contributed by atoms with Crippen molar-refractivity contribution in [2.24, 2.45) is 0 Å². The minimum Gasteiger partial charge on any atom is -0.309 e. The second-order valence-electron chi connectivity index (χ2n) is 14.0. The monoisotopic (exact) mass is 795 g/mol. The molecule has 61 heavy (non-hydrogen) atoms. The fraction of sp³-hybridized carbons (Fsp3) is 0. The van der Waals surface area contributed by atoms with Gasteiger partial charge in [-0.05, 0) is 69.2 Å². The van der Waals surface area contributed by atoms with Crippen molar-refractivity contribution in [2.45, 2.75) is 0 Å². The standard InChI is InChI=1S/C57H38N4/c1-5-15-39(16-6-1)42-25-29-45(30-26-42)55-58-56(46-31-27-43(28-32-46)40-17-7-2-8-18-40)60-57(59-55)48-34-36-53(51(37-48)44-21-11-4-12-22-44)61-52-24-14-13-23-49(52)50-35-33-47(38-54(50)61)41-19-9-3-10-20-41/h1-38H/i3D,4D,9D,10D,11D,12D,13D,14D,19D,20D,21D,22D,23D,24D,33D,35D,38D. The molecule has 0 N–H and O–H groups in total. The van der Waals surface area contributed by atoms with Gasteiger partial charge >= 0.3 is 0 Å². The van der Waals surface area contributed by atoms with Crippen LogP contribution in [-0.2, 0) is 0 Å². The molecule has 0 spiro atoms. The highest BCUT2D eigenvalue weighted by molar-refractivity contribution is 6.10. The lowest BCUT2D eigenvalue weighted by Crippen LogP contribution is -2.02. The molecule has 0 saturated carbocycles. The second-order valence-corrected chi connectivity index (χ2v) is 14.0. The Balaban J connectivity index is 1.24. The van der Waals surface area contributed by atoms with Gasteiger partial charge in [0.1, 0.15) is 0 Å². The molecule has 4 heteroatoms. The number of para-hydroxylation sites is 1. The van der Waals surface area contributed by atoms with E-state index in [0.717, 1.165) is 22.3 Å². The van der Waals surface area contributed by atoms with Crippen LogP contribution in [0.25, 0.3) is 106 Å². The van der Waals surface area contributed by atoms with E-state index in [0.29, 0.717) is 11.1 Å². The van der Waals surface area contributed by atoms with Crippen LogP contribution in [0.2, 0.25) is 0 Å². The third-order valence-electron chi connectivity index (χ3n) is 10.3. The number of benzene rings is 9. The zero-order chi connectivity index (χ0) is 55.3. The molecule has 0 saturated heterocycles. The summed E-state index contributed by atoms with van der Waals surface area (Å²) in [6, 6.07) is 26.9. The normalized spacial score (nSPS) is 15.2. The Morgan fingerprint density at radius 3 is 1.38 bits per heavy atom. The minimum absolute atomic E-state index is 0.0653. The van der Waals surface area contributed by atoms with Gasteiger partial charge in [-0.15, -0.1) is 0 Å². The van der Waals surface area contributed by atoms with E-state index < -0.39 is 114 Å². The molecular formula is C57H38N4. The summed E-state index contributed by atoms with van der Waals surface area (Å²) in [6.07, 6.45) is 0. The Bertz CT molecular complexity index is 4160. The summed E-state index contributed by atoms with van der Waals surface area (Å²) in [6.45, 7) is 0. The molecule has 2 heterocycles. The molecule has 0 atom stereocenters. The molecule has 4 nitrogen and oxygen atoms in total. The number of nitrogens with zero attached hydrogens (tertiary/aromatic N) is 4. The van der Waals surface area contributed by atoms with Crippen molar-refractivity contribution < 1.29 is 23.3 Å². The summed E-state index contributed by atoms with van der Waals surface area (Å²) in [5.41, 5.74) is 2.75. The molecule has 0 aliphatic rings. The van der Waals surface area contributed by atoms with Crippen molar-refractivity contribution in [1.29, 1.82) is 0 Å². The third kappa shape index (κ3) is 6.86. The lowest BCUT2D eigenvalue weighted by molar-refractivity contribution is 1.07. The molecule has 286 valence electrons. The van der Waals surface area contributed by atoms with Gasteiger partial charge in [-0.3, -0.25) is 0 Å². The number of aromatic nitrogens is 4. The van der Waals surface area contributed by atoms with Crippen LogP contribution in [0.15, 0.2) is 230 Å². The van der Waals surface area contributed by atoms with E-state index in [4.69, 9.17) is 28.7 Å². The molecule has 11 aromatic rings. The van der Waals surface area contributed by atoms with Crippen molar-refractivity contribution in [3.05, 3.63) is 230 Å². The molecule has 0 bridgehead atoms. The van der Waals surface area contributed by atoms with Crippen LogP contribution in [-0.4, -0.2) is 19.5 Å². The fourth-order valence-electron chi connectivity index (χ4n) is 7.36. The molecular weight excluding hydrogens is 741 g/mol. The highest BCUT2D eigenvalue weighted by Gasteiger charge is 2.19. The molecule has 11 rings (SSSR count). The van der Waals surface area contributed by atoms with Crippen molar-refractivity contribution in [1.82, 2.24) is 19.5 Å². The van der Waals surface area contributed by atoms with Crippen LogP contribution >= 0.6 is 0 Å². The lowest BCUT2D eigenvalue weighted by atomic mass is 9.99. The van der Waals surface area contributed by atoms with E-state index in [-0.39, 0.29) is 61.7 Å². The fourth-order valence-corrected chi connectivity index (χ4v) is 7.36. The third-order valence-corrected chi connectivity index (χ3v) is 10.3. The van der Waals surface area contributed by atoms with E-state index in [2.05, 4.69) is 0 Å².